The fraction of sp³-hybridized carbons (Fsp3) is 0.250. The van der Waals surface area contributed by atoms with Gasteiger partial charge in [0.25, 0.3) is 6.43 Å². The summed E-state index contributed by atoms with van der Waals surface area (Å²) in [5.41, 5.74) is 4.29. The molecule has 0 spiro atoms. The monoisotopic (exact) mass is 201 g/mol. The quantitative estimate of drug-likeness (QED) is 0.793. The number of hydrogen-bond acceptors (Lipinski definition) is 3. The van der Waals surface area contributed by atoms with Crippen LogP contribution in [-0.2, 0) is 6.42 Å². The van der Waals surface area contributed by atoms with Gasteiger partial charge in [0.2, 0.25) is 0 Å². The van der Waals surface area contributed by atoms with E-state index in [1.807, 2.05) is 0 Å². The summed E-state index contributed by atoms with van der Waals surface area (Å²) < 4.78 is 37.3. The van der Waals surface area contributed by atoms with E-state index in [0.29, 0.717) is 6.07 Å². The summed E-state index contributed by atoms with van der Waals surface area (Å²) in [5.74, 6) is -1.37. The largest absolute Gasteiger partial charge is 0.383 e. The summed E-state index contributed by atoms with van der Waals surface area (Å²) in [7, 11) is 0. The Morgan fingerprint density at radius 3 is 2.71 bits per heavy atom. The van der Waals surface area contributed by atoms with Gasteiger partial charge in [0.15, 0.2) is 0 Å². The van der Waals surface area contributed by atoms with Crippen LogP contribution in [0.3, 0.4) is 0 Å². The molecule has 1 aromatic heterocycles. The molecule has 0 aliphatic heterocycles. The van der Waals surface area contributed by atoms with Crippen molar-refractivity contribution in [2.45, 2.75) is 12.8 Å². The number of halogens is 3. The van der Waals surface area contributed by atoms with Gasteiger partial charge in [-0.2, -0.15) is 5.26 Å². The molecule has 0 aliphatic carbocycles. The van der Waals surface area contributed by atoms with E-state index in [4.69, 9.17) is 11.0 Å². The number of nitrogens with two attached hydrogens (primary N) is 1. The van der Waals surface area contributed by atoms with Crippen LogP contribution in [0.2, 0.25) is 0 Å². The van der Waals surface area contributed by atoms with Crippen molar-refractivity contribution in [2.24, 2.45) is 0 Å². The molecule has 3 nitrogen and oxygen atoms in total. The van der Waals surface area contributed by atoms with Gasteiger partial charge in [-0.15, -0.1) is 0 Å². The molecule has 0 aliphatic rings. The van der Waals surface area contributed by atoms with Crippen molar-refractivity contribution in [3.05, 3.63) is 23.1 Å². The van der Waals surface area contributed by atoms with Crippen molar-refractivity contribution >= 4 is 5.82 Å². The van der Waals surface area contributed by atoms with Gasteiger partial charge >= 0.3 is 0 Å². The zero-order valence-electron chi connectivity index (χ0n) is 6.97. The topological polar surface area (TPSA) is 62.7 Å². The molecular formula is C8H6F3N3. The van der Waals surface area contributed by atoms with Crippen molar-refractivity contribution in [1.82, 2.24) is 4.98 Å². The third-order valence-corrected chi connectivity index (χ3v) is 1.59. The Hall–Kier alpha value is -1.77. The summed E-state index contributed by atoms with van der Waals surface area (Å²) in [5, 5.41) is 8.27. The van der Waals surface area contributed by atoms with Gasteiger partial charge in [-0.1, -0.05) is 0 Å². The Balaban J connectivity index is 3.18. The number of nitrogen functional groups attached to an aromatic ring is 1. The van der Waals surface area contributed by atoms with Crippen LogP contribution in [0.15, 0.2) is 6.07 Å². The second-order valence-electron chi connectivity index (χ2n) is 2.53. The minimum Gasteiger partial charge on any atom is -0.383 e. The molecule has 6 heteroatoms. The van der Waals surface area contributed by atoms with Gasteiger partial charge in [-0.3, -0.25) is 0 Å². The highest BCUT2D eigenvalue weighted by Crippen LogP contribution is 2.25. The highest BCUT2D eigenvalue weighted by atomic mass is 19.3. The molecule has 0 saturated carbocycles. The number of rotatable bonds is 2. The number of pyridine rings is 1. The standard InChI is InChI=1S/C8H6F3N3/c9-5-3-4(7(10)11)8(13)14-6(5)1-2-12/h3,7H,1H2,(H2,13,14). The first kappa shape index (κ1) is 10.3. The van der Waals surface area contributed by atoms with E-state index in [1.165, 1.54) is 0 Å². The number of hydrogen-bond donors (Lipinski definition) is 1. The molecular weight excluding hydrogens is 195 g/mol. The number of nitrogens with zero attached hydrogens (tertiary/aromatic N) is 2. The molecule has 0 radical (unpaired) electrons. The Morgan fingerprint density at radius 2 is 2.21 bits per heavy atom. The Kier molecular flexibility index (Phi) is 2.92. The van der Waals surface area contributed by atoms with Crippen LogP contribution in [-0.4, -0.2) is 4.98 Å². The van der Waals surface area contributed by atoms with E-state index in [0.717, 1.165) is 0 Å². The smallest absolute Gasteiger partial charge is 0.267 e. The van der Waals surface area contributed by atoms with Crippen LogP contribution in [0.1, 0.15) is 17.7 Å². The Morgan fingerprint density at radius 1 is 1.57 bits per heavy atom. The second-order valence-corrected chi connectivity index (χ2v) is 2.53. The first-order chi connectivity index (χ1) is 6.56. The summed E-state index contributed by atoms with van der Waals surface area (Å²) >= 11 is 0. The maximum Gasteiger partial charge on any atom is 0.267 e. The fourth-order valence-electron chi connectivity index (χ4n) is 0.931. The van der Waals surface area contributed by atoms with Crippen LogP contribution in [0.4, 0.5) is 19.0 Å². The number of nitriles is 1. The van der Waals surface area contributed by atoms with E-state index in [-0.39, 0.29) is 12.1 Å². The predicted molar refractivity (Wildman–Crippen MR) is 42.9 cm³/mol. The lowest BCUT2D eigenvalue weighted by atomic mass is 10.2. The van der Waals surface area contributed by atoms with Gasteiger partial charge in [-0.25, -0.2) is 18.2 Å². The molecule has 0 unspecified atom stereocenters. The summed E-state index contributed by atoms with van der Waals surface area (Å²) in [6.07, 6.45) is -3.16. The number of alkyl halides is 2. The van der Waals surface area contributed by atoms with E-state index in [9.17, 15) is 13.2 Å². The second kappa shape index (κ2) is 3.96. The molecule has 2 N–H and O–H groups in total. The number of anilines is 1. The minimum atomic E-state index is -2.87. The predicted octanol–water partition coefficient (Wildman–Crippen LogP) is 1.81. The summed E-state index contributed by atoms with van der Waals surface area (Å²) in [6, 6.07) is 2.27. The van der Waals surface area contributed by atoms with E-state index >= 15 is 0 Å². The molecule has 0 aromatic carbocycles. The highest BCUT2D eigenvalue weighted by Gasteiger charge is 2.16. The lowest BCUT2D eigenvalue weighted by Gasteiger charge is -2.05. The van der Waals surface area contributed by atoms with Crippen LogP contribution >= 0.6 is 0 Å². The van der Waals surface area contributed by atoms with Gasteiger partial charge in [0.1, 0.15) is 11.6 Å². The average Bonchev–Trinajstić information content (AvgIpc) is 2.10. The van der Waals surface area contributed by atoms with Crippen molar-refractivity contribution in [3.8, 4) is 6.07 Å². The van der Waals surface area contributed by atoms with Crippen LogP contribution in [0.5, 0.6) is 0 Å². The van der Waals surface area contributed by atoms with Crippen LogP contribution in [0, 0.1) is 17.1 Å². The van der Waals surface area contributed by atoms with Gasteiger partial charge in [-0.05, 0) is 6.07 Å². The Labute approximate surface area is 78.0 Å². The maximum absolute atomic E-state index is 13.0. The summed E-state index contributed by atoms with van der Waals surface area (Å²) in [4.78, 5) is 3.38. The van der Waals surface area contributed by atoms with Gasteiger partial charge in [0.05, 0.1) is 23.7 Å². The van der Waals surface area contributed by atoms with Crippen molar-refractivity contribution < 1.29 is 13.2 Å². The van der Waals surface area contributed by atoms with Crippen molar-refractivity contribution in [1.29, 1.82) is 5.26 Å². The molecule has 14 heavy (non-hydrogen) atoms. The Bertz CT molecular complexity index is 384. The molecule has 1 rings (SSSR count). The molecule has 0 fully saturated rings. The van der Waals surface area contributed by atoms with E-state index < -0.39 is 23.6 Å². The van der Waals surface area contributed by atoms with Crippen molar-refractivity contribution in [2.75, 3.05) is 5.73 Å². The van der Waals surface area contributed by atoms with Crippen LogP contribution in [0.25, 0.3) is 0 Å². The zero-order valence-corrected chi connectivity index (χ0v) is 6.97. The molecule has 1 aromatic rings. The van der Waals surface area contributed by atoms with Gasteiger partial charge in [0, 0.05) is 0 Å². The third kappa shape index (κ3) is 1.93. The first-order valence-corrected chi connectivity index (χ1v) is 3.66. The van der Waals surface area contributed by atoms with E-state index in [1.54, 1.807) is 6.07 Å². The SMILES string of the molecule is N#CCc1nc(N)c(C(F)F)cc1F. The van der Waals surface area contributed by atoms with Crippen molar-refractivity contribution in [3.63, 3.8) is 0 Å². The lowest BCUT2D eigenvalue weighted by molar-refractivity contribution is 0.151. The third-order valence-electron chi connectivity index (χ3n) is 1.59. The highest BCUT2D eigenvalue weighted by molar-refractivity contribution is 5.42. The average molecular weight is 201 g/mol. The minimum absolute atomic E-state index is 0.214. The summed E-state index contributed by atoms with van der Waals surface area (Å²) in [6.45, 7) is 0. The molecule has 1 heterocycles. The lowest BCUT2D eigenvalue weighted by Crippen LogP contribution is -2.04. The molecule has 0 atom stereocenters. The zero-order chi connectivity index (χ0) is 10.7. The molecule has 0 bridgehead atoms. The van der Waals surface area contributed by atoms with Crippen LogP contribution < -0.4 is 5.73 Å². The molecule has 74 valence electrons. The number of aromatic nitrogens is 1. The molecule has 0 saturated heterocycles. The fourth-order valence-corrected chi connectivity index (χ4v) is 0.931. The van der Waals surface area contributed by atoms with E-state index in [2.05, 4.69) is 4.98 Å². The van der Waals surface area contributed by atoms with Gasteiger partial charge < -0.3 is 5.73 Å². The maximum atomic E-state index is 13.0. The first-order valence-electron chi connectivity index (χ1n) is 3.66. The normalized spacial score (nSPS) is 10.2. The molecule has 0 amide bonds.